The van der Waals surface area contributed by atoms with Gasteiger partial charge in [-0.2, -0.15) is 0 Å². The number of aromatic amines is 1. The zero-order valence-electron chi connectivity index (χ0n) is 17.7. The Labute approximate surface area is 177 Å². The Kier molecular flexibility index (Phi) is 6.35. The number of fused-ring (bicyclic) bond motifs is 1. The van der Waals surface area contributed by atoms with E-state index in [1.807, 2.05) is 31.2 Å². The third kappa shape index (κ3) is 4.66. The van der Waals surface area contributed by atoms with Gasteiger partial charge in [-0.25, -0.2) is 0 Å². The summed E-state index contributed by atoms with van der Waals surface area (Å²) in [4.78, 5) is 10.1. The minimum Gasteiger partial charge on any atom is -0.494 e. The smallest absolute Gasteiger partial charge is 0.198 e. The highest BCUT2D eigenvalue weighted by Gasteiger charge is 2.11. The molecule has 0 atom stereocenters. The van der Waals surface area contributed by atoms with Gasteiger partial charge in [-0.05, 0) is 62.2 Å². The normalized spacial score (nSPS) is 15.3. The summed E-state index contributed by atoms with van der Waals surface area (Å²) in [5.74, 6) is 0.151. The molecule has 0 aliphatic carbocycles. The Hall–Kier alpha value is -2.83. The molecule has 0 radical (unpaired) electrons. The van der Waals surface area contributed by atoms with Gasteiger partial charge in [0, 0.05) is 42.4 Å². The van der Waals surface area contributed by atoms with Crippen molar-refractivity contribution in [1.82, 2.24) is 9.88 Å². The predicted molar refractivity (Wildman–Crippen MR) is 123 cm³/mol. The van der Waals surface area contributed by atoms with Gasteiger partial charge in [0.05, 0.1) is 24.5 Å². The molecular weight excluding hydrogens is 376 g/mol. The highest BCUT2D eigenvalue weighted by molar-refractivity contribution is 6.04. The molecule has 2 aromatic carbocycles. The van der Waals surface area contributed by atoms with Gasteiger partial charge in [0.15, 0.2) is 5.88 Å². The van der Waals surface area contributed by atoms with E-state index in [9.17, 15) is 5.11 Å². The molecule has 1 aromatic heterocycles. The molecule has 30 heavy (non-hydrogen) atoms. The highest BCUT2D eigenvalue weighted by Crippen LogP contribution is 2.29. The van der Waals surface area contributed by atoms with Gasteiger partial charge >= 0.3 is 0 Å². The lowest BCUT2D eigenvalue weighted by Crippen LogP contribution is -2.37. The Balaban J connectivity index is 1.38. The van der Waals surface area contributed by atoms with Crippen molar-refractivity contribution < 1.29 is 9.84 Å². The van der Waals surface area contributed by atoms with E-state index in [-0.39, 0.29) is 5.88 Å². The van der Waals surface area contributed by atoms with Gasteiger partial charge < -0.3 is 20.1 Å². The number of anilines is 1. The Morgan fingerprint density at radius 3 is 2.80 bits per heavy atom. The molecule has 1 fully saturated rings. The van der Waals surface area contributed by atoms with Crippen molar-refractivity contribution in [2.24, 2.45) is 4.99 Å². The molecule has 0 bridgehead atoms. The highest BCUT2D eigenvalue weighted by atomic mass is 16.5. The summed E-state index contributed by atoms with van der Waals surface area (Å²) in [5, 5.41) is 14.8. The Morgan fingerprint density at radius 2 is 2.00 bits per heavy atom. The van der Waals surface area contributed by atoms with Crippen molar-refractivity contribution in [3.63, 3.8) is 0 Å². The first-order valence-electron chi connectivity index (χ1n) is 10.6. The van der Waals surface area contributed by atoms with Crippen LogP contribution >= 0.6 is 0 Å². The second-order valence-electron chi connectivity index (χ2n) is 7.88. The van der Waals surface area contributed by atoms with Gasteiger partial charge in [-0.3, -0.25) is 9.89 Å². The summed E-state index contributed by atoms with van der Waals surface area (Å²) in [6.07, 6.45) is 2.85. The zero-order valence-corrected chi connectivity index (χ0v) is 17.7. The average molecular weight is 407 g/mol. The van der Waals surface area contributed by atoms with E-state index in [0.29, 0.717) is 0 Å². The van der Waals surface area contributed by atoms with Gasteiger partial charge in [0.2, 0.25) is 0 Å². The molecular formula is C24H30N4O2. The van der Waals surface area contributed by atoms with Crippen molar-refractivity contribution in [1.29, 1.82) is 0 Å². The number of morpholine rings is 1. The lowest BCUT2D eigenvalue weighted by atomic mass is 10.1. The molecule has 1 aliphatic rings. The molecule has 1 saturated heterocycles. The number of hydrogen-bond acceptors (Lipinski definition) is 5. The second kappa shape index (κ2) is 9.32. The maximum absolute atomic E-state index is 10.3. The van der Waals surface area contributed by atoms with Crippen LogP contribution in [-0.4, -0.2) is 60.6 Å². The number of nitrogens with one attached hydrogen (secondary N) is 2. The Morgan fingerprint density at radius 1 is 1.17 bits per heavy atom. The van der Waals surface area contributed by atoms with Crippen LogP contribution < -0.4 is 5.32 Å². The molecule has 158 valence electrons. The van der Waals surface area contributed by atoms with Crippen LogP contribution in [0.4, 0.5) is 11.4 Å². The molecule has 4 rings (SSSR count). The minimum absolute atomic E-state index is 0.151. The third-order valence-electron chi connectivity index (χ3n) is 5.67. The number of benzene rings is 2. The fourth-order valence-corrected chi connectivity index (χ4v) is 3.98. The molecule has 0 spiro atoms. The molecule has 3 N–H and O–H groups in total. The summed E-state index contributed by atoms with van der Waals surface area (Å²) in [5.41, 5.74) is 5.93. The number of aromatic hydroxyl groups is 1. The molecule has 2 heterocycles. The van der Waals surface area contributed by atoms with E-state index < -0.39 is 0 Å². The SMILES string of the molecule is Cc1cc(N=Cc2c(O)[nH]c3cccc(C)c23)ccc1NCCCN1CCOCC1. The predicted octanol–water partition coefficient (Wildman–Crippen LogP) is 4.38. The van der Waals surface area contributed by atoms with Crippen LogP contribution in [0.3, 0.4) is 0 Å². The molecule has 6 nitrogen and oxygen atoms in total. The third-order valence-corrected chi connectivity index (χ3v) is 5.67. The topological polar surface area (TPSA) is 72.9 Å². The maximum atomic E-state index is 10.3. The van der Waals surface area contributed by atoms with Crippen molar-refractivity contribution in [2.45, 2.75) is 20.3 Å². The van der Waals surface area contributed by atoms with Crippen molar-refractivity contribution >= 4 is 28.5 Å². The summed E-state index contributed by atoms with van der Waals surface area (Å²) < 4.78 is 5.39. The number of nitrogens with zero attached hydrogens (tertiary/aromatic N) is 2. The number of aliphatic imine (C=N–C) groups is 1. The molecule has 0 amide bonds. The Bertz CT molecular complexity index is 1040. The largest absolute Gasteiger partial charge is 0.494 e. The van der Waals surface area contributed by atoms with E-state index in [1.54, 1.807) is 6.21 Å². The van der Waals surface area contributed by atoms with E-state index >= 15 is 0 Å². The number of H-pyrrole nitrogens is 1. The van der Waals surface area contributed by atoms with Crippen LogP contribution in [0, 0.1) is 13.8 Å². The standard InChI is InChI=1S/C24H30N4O2/c1-17-5-3-6-22-23(17)20(24(29)27-22)16-26-19-7-8-21(18(2)15-19)25-9-4-10-28-11-13-30-14-12-28/h3,5-8,15-16,25,27,29H,4,9-14H2,1-2H3. The van der Waals surface area contributed by atoms with Crippen molar-refractivity contribution in [3.05, 3.63) is 53.1 Å². The summed E-state index contributed by atoms with van der Waals surface area (Å²) in [6.45, 7) is 9.96. The van der Waals surface area contributed by atoms with Gasteiger partial charge in [0.25, 0.3) is 0 Å². The number of aromatic nitrogens is 1. The fourth-order valence-electron chi connectivity index (χ4n) is 3.98. The summed E-state index contributed by atoms with van der Waals surface area (Å²) >= 11 is 0. The van der Waals surface area contributed by atoms with Crippen molar-refractivity contribution in [2.75, 3.05) is 44.7 Å². The zero-order chi connectivity index (χ0) is 20.9. The van der Waals surface area contributed by atoms with Gasteiger partial charge in [-0.15, -0.1) is 0 Å². The van der Waals surface area contributed by atoms with Crippen LogP contribution in [0.1, 0.15) is 23.1 Å². The number of ether oxygens (including phenoxy) is 1. The fraction of sp³-hybridized carbons (Fsp3) is 0.375. The first kappa shape index (κ1) is 20.4. The monoisotopic (exact) mass is 406 g/mol. The van der Waals surface area contributed by atoms with E-state index in [0.717, 1.165) is 84.8 Å². The molecule has 0 unspecified atom stereocenters. The number of hydrogen-bond donors (Lipinski definition) is 3. The lowest BCUT2D eigenvalue weighted by molar-refractivity contribution is 0.0378. The van der Waals surface area contributed by atoms with E-state index in [1.165, 1.54) is 0 Å². The number of aryl methyl sites for hydroxylation is 2. The molecule has 0 saturated carbocycles. The summed E-state index contributed by atoms with van der Waals surface area (Å²) in [6, 6.07) is 12.1. The van der Waals surface area contributed by atoms with E-state index in [2.05, 4.69) is 39.2 Å². The van der Waals surface area contributed by atoms with Crippen molar-refractivity contribution in [3.8, 4) is 5.88 Å². The molecule has 1 aliphatic heterocycles. The second-order valence-corrected chi connectivity index (χ2v) is 7.88. The van der Waals surface area contributed by atoms with Crippen LogP contribution in [-0.2, 0) is 4.74 Å². The maximum Gasteiger partial charge on any atom is 0.198 e. The lowest BCUT2D eigenvalue weighted by Gasteiger charge is -2.26. The van der Waals surface area contributed by atoms with Gasteiger partial charge in [-0.1, -0.05) is 12.1 Å². The van der Waals surface area contributed by atoms with Crippen LogP contribution in [0.2, 0.25) is 0 Å². The molecule has 3 aromatic rings. The molecule has 6 heteroatoms. The van der Waals surface area contributed by atoms with Gasteiger partial charge in [0.1, 0.15) is 0 Å². The quantitative estimate of drug-likeness (QED) is 0.402. The summed E-state index contributed by atoms with van der Waals surface area (Å²) in [7, 11) is 0. The average Bonchev–Trinajstić information content (AvgIpc) is 3.08. The number of rotatable bonds is 7. The van der Waals surface area contributed by atoms with Crippen LogP contribution in [0.15, 0.2) is 41.4 Å². The van der Waals surface area contributed by atoms with E-state index in [4.69, 9.17) is 4.74 Å². The van der Waals surface area contributed by atoms with Crippen LogP contribution in [0.5, 0.6) is 5.88 Å². The first-order chi connectivity index (χ1) is 14.6. The minimum atomic E-state index is 0.151. The van der Waals surface area contributed by atoms with Crippen LogP contribution in [0.25, 0.3) is 10.9 Å². The first-order valence-corrected chi connectivity index (χ1v) is 10.6.